The van der Waals surface area contributed by atoms with Crippen LogP contribution in [0.15, 0.2) is 48.8 Å². The van der Waals surface area contributed by atoms with Crippen LogP contribution in [0, 0.1) is 0 Å². The van der Waals surface area contributed by atoms with Crippen LogP contribution in [0.25, 0.3) is 11.0 Å². The SMILES string of the molecule is COc1cnc2c(Oc3ccc(NS(=O)[O-])cc3)ccnc2c1. The number of anilines is 1. The van der Waals surface area contributed by atoms with Gasteiger partial charge in [0.25, 0.3) is 0 Å². The molecule has 1 aromatic carbocycles. The van der Waals surface area contributed by atoms with E-state index in [1.807, 2.05) is 0 Å². The third-order valence-electron chi connectivity index (χ3n) is 3.03. The van der Waals surface area contributed by atoms with Crippen molar-refractivity contribution in [1.82, 2.24) is 9.97 Å². The van der Waals surface area contributed by atoms with E-state index in [1.165, 1.54) is 0 Å². The van der Waals surface area contributed by atoms with Crippen molar-refractivity contribution >= 4 is 28.0 Å². The molecule has 1 N–H and O–H groups in total. The number of hydrogen-bond donors (Lipinski definition) is 1. The minimum Gasteiger partial charge on any atom is -0.755 e. The van der Waals surface area contributed by atoms with Gasteiger partial charge in [-0.3, -0.25) is 9.19 Å². The average Bonchev–Trinajstić information content (AvgIpc) is 2.56. The third-order valence-corrected chi connectivity index (χ3v) is 3.44. The van der Waals surface area contributed by atoms with Crippen molar-refractivity contribution in [2.75, 3.05) is 11.8 Å². The monoisotopic (exact) mass is 330 g/mol. The molecule has 3 rings (SSSR count). The van der Waals surface area contributed by atoms with Crippen LogP contribution in [0.5, 0.6) is 17.2 Å². The first-order chi connectivity index (χ1) is 11.2. The Morgan fingerprint density at radius 2 is 1.91 bits per heavy atom. The fraction of sp³-hybridized carbons (Fsp3) is 0.0667. The Morgan fingerprint density at radius 1 is 1.13 bits per heavy atom. The van der Waals surface area contributed by atoms with Crippen molar-refractivity contribution in [3.05, 3.63) is 48.8 Å². The van der Waals surface area contributed by atoms with Gasteiger partial charge in [-0.1, -0.05) is 0 Å². The highest BCUT2D eigenvalue weighted by Crippen LogP contribution is 2.29. The highest BCUT2D eigenvalue weighted by molar-refractivity contribution is 7.80. The first kappa shape index (κ1) is 15.2. The molecule has 1 atom stereocenters. The van der Waals surface area contributed by atoms with Gasteiger partial charge in [-0.05, 0) is 24.3 Å². The number of rotatable bonds is 5. The summed E-state index contributed by atoms with van der Waals surface area (Å²) in [4.78, 5) is 8.54. The quantitative estimate of drug-likeness (QED) is 0.722. The first-order valence-electron chi connectivity index (χ1n) is 6.58. The van der Waals surface area contributed by atoms with Crippen LogP contribution in [0.2, 0.25) is 0 Å². The molecule has 0 fully saturated rings. The van der Waals surface area contributed by atoms with E-state index in [-0.39, 0.29) is 0 Å². The molecule has 1 unspecified atom stereocenters. The molecule has 7 nitrogen and oxygen atoms in total. The number of nitrogens with zero attached hydrogens (tertiary/aromatic N) is 2. The molecule has 23 heavy (non-hydrogen) atoms. The number of fused-ring (bicyclic) bond motifs is 1. The smallest absolute Gasteiger partial charge is 0.156 e. The predicted molar refractivity (Wildman–Crippen MR) is 85.1 cm³/mol. The molecule has 0 aliphatic heterocycles. The minimum absolute atomic E-state index is 0.452. The predicted octanol–water partition coefficient (Wildman–Crippen LogP) is 2.64. The number of benzene rings is 1. The Bertz CT molecular complexity index is 855. The van der Waals surface area contributed by atoms with Crippen LogP contribution in [0.4, 0.5) is 5.69 Å². The maximum atomic E-state index is 10.6. The molecule has 0 amide bonds. The summed E-state index contributed by atoms with van der Waals surface area (Å²) in [5, 5.41) is 0. The highest BCUT2D eigenvalue weighted by Gasteiger charge is 2.07. The fourth-order valence-corrected chi connectivity index (χ4v) is 2.32. The van der Waals surface area contributed by atoms with Crippen LogP contribution >= 0.6 is 0 Å². The van der Waals surface area contributed by atoms with E-state index < -0.39 is 11.3 Å². The molecule has 0 saturated heterocycles. The summed E-state index contributed by atoms with van der Waals surface area (Å²) in [6, 6.07) is 10.00. The van der Waals surface area contributed by atoms with E-state index in [0.29, 0.717) is 34.0 Å². The van der Waals surface area contributed by atoms with Gasteiger partial charge >= 0.3 is 0 Å². The number of hydrogen-bond acceptors (Lipinski definition) is 6. The van der Waals surface area contributed by atoms with Crippen molar-refractivity contribution in [2.24, 2.45) is 0 Å². The Balaban J connectivity index is 1.87. The number of methoxy groups -OCH3 is 1. The molecule has 0 radical (unpaired) electrons. The lowest BCUT2D eigenvalue weighted by molar-refractivity contribution is 0.413. The van der Waals surface area contributed by atoms with Crippen LogP contribution < -0.4 is 14.2 Å². The van der Waals surface area contributed by atoms with Gasteiger partial charge in [0.05, 0.1) is 18.8 Å². The van der Waals surface area contributed by atoms with Gasteiger partial charge in [0, 0.05) is 35.3 Å². The second-order valence-corrected chi connectivity index (χ2v) is 5.19. The van der Waals surface area contributed by atoms with E-state index >= 15 is 0 Å². The molecule has 3 aromatic rings. The fourth-order valence-electron chi connectivity index (χ4n) is 2.00. The lowest BCUT2D eigenvalue weighted by Crippen LogP contribution is -2.01. The van der Waals surface area contributed by atoms with Crippen LogP contribution in [0.1, 0.15) is 0 Å². The average molecular weight is 330 g/mol. The zero-order chi connectivity index (χ0) is 16.2. The Kier molecular flexibility index (Phi) is 4.35. The number of nitrogens with one attached hydrogen (secondary N) is 1. The van der Waals surface area contributed by atoms with E-state index in [9.17, 15) is 8.76 Å². The van der Waals surface area contributed by atoms with Crippen molar-refractivity contribution in [1.29, 1.82) is 0 Å². The zero-order valence-corrected chi connectivity index (χ0v) is 12.9. The van der Waals surface area contributed by atoms with E-state index in [1.54, 1.807) is 55.9 Å². The largest absolute Gasteiger partial charge is 0.755 e. The van der Waals surface area contributed by atoms with Gasteiger partial charge in [-0.2, -0.15) is 0 Å². The molecule has 0 bridgehead atoms. The zero-order valence-electron chi connectivity index (χ0n) is 12.1. The maximum absolute atomic E-state index is 10.6. The second kappa shape index (κ2) is 6.59. The standard InChI is InChI=1S/C15H13N3O4S/c1-21-12-8-13-15(17-9-12)14(6-7-16-13)22-11-4-2-10(3-5-11)18-23(19)20/h2-9,18H,1H3,(H,19,20)/p-1. The molecule has 0 saturated carbocycles. The molecule has 118 valence electrons. The first-order valence-corrected chi connectivity index (χ1v) is 7.66. The van der Waals surface area contributed by atoms with Gasteiger partial charge in [0.2, 0.25) is 0 Å². The highest BCUT2D eigenvalue weighted by atomic mass is 32.2. The van der Waals surface area contributed by atoms with Gasteiger partial charge < -0.3 is 18.7 Å². The summed E-state index contributed by atoms with van der Waals surface area (Å²) in [7, 11) is 1.56. The summed E-state index contributed by atoms with van der Waals surface area (Å²) in [6.07, 6.45) is 3.21. The van der Waals surface area contributed by atoms with Gasteiger partial charge in [0.1, 0.15) is 17.0 Å². The van der Waals surface area contributed by atoms with Gasteiger partial charge in [-0.15, -0.1) is 0 Å². The van der Waals surface area contributed by atoms with Crippen molar-refractivity contribution in [2.45, 2.75) is 0 Å². The van der Waals surface area contributed by atoms with Crippen LogP contribution in [-0.2, 0) is 11.3 Å². The van der Waals surface area contributed by atoms with Crippen LogP contribution in [-0.4, -0.2) is 25.8 Å². The summed E-state index contributed by atoms with van der Waals surface area (Å²) < 4.78 is 34.3. The van der Waals surface area contributed by atoms with Crippen LogP contribution in [0.3, 0.4) is 0 Å². The van der Waals surface area contributed by atoms with E-state index in [4.69, 9.17) is 9.47 Å². The van der Waals surface area contributed by atoms with Gasteiger partial charge in [-0.25, -0.2) is 4.98 Å². The molecule has 2 heterocycles. The second-order valence-electron chi connectivity index (χ2n) is 4.52. The molecule has 0 aliphatic carbocycles. The van der Waals surface area contributed by atoms with Crippen molar-refractivity contribution < 1.29 is 18.2 Å². The summed E-state index contributed by atoms with van der Waals surface area (Å²) in [5.41, 5.74) is 1.71. The summed E-state index contributed by atoms with van der Waals surface area (Å²) in [6.45, 7) is 0. The molecule has 0 aliphatic rings. The molecule has 2 aromatic heterocycles. The van der Waals surface area contributed by atoms with Gasteiger partial charge in [0.15, 0.2) is 5.75 Å². The summed E-state index contributed by atoms with van der Waals surface area (Å²) >= 11 is -2.35. The summed E-state index contributed by atoms with van der Waals surface area (Å²) in [5.74, 6) is 1.71. The number of aromatic nitrogens is 2. The number of pyridine rings is 2. The minimum atomic E-state index is -2.35. The lowest BCUT2D eigenvalue weighted by atomic mass is 10.3. The van der Waals surface area contributed by atoms with Crippen molar-refractivity contribution in [3.8, 4) is 17.2 Å². The lowest BCUT2D eigenvalue weighted by Gasteiger charge is -2.11. The molecule has 8 heteroatoms. The van der Waals surface area contributed by atoms with E-state index in [2.05, 4.69) is 14.7 Å². The number of ether oxygens (including phenoxy) is 2. The maximum Gasteiger partial charge on any atom is 0.156 e. The Morgan fingerprint density at radius 3 is 2.61 bits per heavy atom. The Hall–Kier alpha value is -2.71. The third kappa shape index (κ3) is 3.55. The molecule has 0 spiro atoms. The molecular weight excluding hydrogens is 318 g/mol. The molecular formula is C15H12N3O4S-. The Labute approximate surface area is 134 Å². The van der Waals surface area contributed by atoms with Crippen molar-refractivity contribution in [3.63, 3.8) is 0 Å². The normalized spacial score (nSPS) is 11.9. The van der Waals surface area contributed by atoms with E-state index in [0.717, 1.165) is 0 Å². The topological polar surface area (TPSA) is 96.4 Å².